The van der Waals surface area contributed by atoms with Gasteiger partial charge >= 0.3 is 0 Å². The minimum atomic E-state index is -1.60. The van der Waals surface area contributed by atoms with Gasteiger partial charge in [-0.1, -0.05) is 55.4 Å². The third kappa shape index (κ3) is 9.02. The summed E-state index contributed by atoms with van der Waals surface area (Å²) < 4.78 is 38.5. The molecule has 90 heavy (non-hydrogen) atoms. The Hall–Kier alpha value is -0.760. The Morgan fingerprint density at radius 1 is 0.444 bits per heavy atom. The first-order chi connectivity index (χ1) is 41.5. The number of ether oxygens (including phenoxy) is 6. The molecule has 19 nitrogen and oxygen atoms in total. The molecule has 14 fully saturated rings. The molecule has 14 aliphatic rings. The summed E-state index contributed by atoms with van der Waals surface area (Å²) >= 11 is 0. The topological polar surface area (TPSA) is 318 Å². The minimum Gasteiger partial charge on any atom is -0.394 e. The van der Waals surface area contributed by atoms with Crippen LogP contribution in [0.2, 0.25) is 0 Å². The molecule has 0 aromatic heterocycles. The molecular weight excluding hydrogens is 1160 g/mol. The highest BCUT2D eigenvalue weighted by Gasteiger charge is 2.87. The molecule has 10 saturated carbocycles. The predicted molar refractivity (Wildman–Crippen MR) is 328 cm³/mol. The smallest absolute Gasteiger partial charge is 0.186 e. The fourth-order valence-electron chi connectivity index (χ4n) is 27.0. The Bertz CT molecular complexity index is 2720. The zero-order chi connectivity index (χ0) is 65.7. The number of aliphatic hydroxyl groups is 13. The van der Waals surface area contributed by atoms with Gasteiger partial charge in [0.2, 0.25) is 0 Å². The van der Waals surface area contributed by atoms with Gasteiger partial charge in [-0.05, 0) is 235 Å². The van der Waals surface area contributed by atoms with Crippen LogP contribution in [0.15, 0.2) is 0 Å². The van der Waals surface area contributed by atoms with E-state index in [0.717, 1.165) is 83.5 Å². The Kier molecular flexibility index (Phi) is 15.9. The number of aliphatic hydroxyl groups excluding tert-OH is 11. The van der Waals surface area contributed by atoms with E-state index < -0.39 is 120 Å². The zero-order valence-electron chi connectivity index (χ0n) is 56.7. The summed E-state index contributed by atoms with van der Waals surface area (Å²) in [5.74, 6) is 0.362. The second-order valence-electron chi connectivity index (χ2n) is 37.0. The average molecular weight is 1280 g/mol. The molecule has 516 valence electrons. The minimum absolute atomic E-state index is 0.0267. The molecule has 33 atom stereocenters. The molecule has 0 bridgehead atoms. The number of rotatable bonds is 9. The molecule has 0 radical (unpaired) electrons. The van der Waals surface area contributed by atoms with Crippen LogP contribution in [-0.2, 0) is 28.4 Å². The lowest BCUT2D eigenvalue weighted by molar-refractivity contribution is -0.339. The maximum Gasteiger partial charge on any atom is 0.186 e. The quantitative estimate of drug-likeness (QED) is 0.133. The van der Waals surface area contributed by atoms with Gasteiger partial charge in [0.05, 0.1) is 84.4 Å². The molecular formula is C71H118O19. The first-order valence-electron chi connectivity index (χ1n) is 35.3. The fourth-order valence-corrected chi connectivity index (χ4v) is 27.0. The standard InChI is InChI=1S/C41H68O14.C30H50O5/c1-35(2)24(54-33-29(48)26(45)20(44)17-51-33)9-11-41-18-40(41)13-12-37(5)31(39(7)10-8-25(55-39)36(3,4)50)19(43)15-38(37,6)23(40)14-21(32(35)41)52-34-30(49)28(47)27(46)22(16-42)53-34;1-24(2)20(33)8-11-30-16-29(30)13-12-26(5)23(28(7)10-9-21(35-28)25(3,4)34)18(32)15-27(26,6)19(29)14-17(31)22(24)30/h19-34,42-50H,8-18H2,1-7H3;17-23,31-34H,8-16H2,1-7H3/t19-,20+,21-,22+,23-,24?,25-,26-,27+,28-,29+,30+,31-,32-,33-,34?,37+,38-,39+,40?,41?;17-,18-,19-,20?,21-,22-,23-,26+,27-,28+,29?,30?/m00/s1. The van der Waals surface area contributed by atoms with Crippen LogP contribution in [0.3, 0.4) is 0 Å². The van der Waals surface area contributed by atoms with Gasteiger partial charge in [0.25, 0.3) is 0 Å². The Labute approximate surface area is 534 Å². The second kappa shape index (κ2) is 21.1. The summed E-state index contributed by atoms with van der Waals surface area (Å²) in [6.07, 6.45) is -0.301. The van der Waals surface area contributed by atoms with Crippen molar-refractivity contribution in [3.8, 4) is 0 Å². The fraction of sp³-hybridized carbons (Fsp3) is 1.00. The molecule has 4 spiro atoms. The number of hydrogen-bond acceptors (Lipinski definition) is 19. The normalized spacial score (nSPS) is 59.6. The van der Waals surface area contributed by atoms with Crippen LogP contribution in [0.1, 0.15) is 213 Å². The molecule has 10 aliphatic carbocycles. The van der Waals surface area contributed by atoms with Crippen molar-refractivity contribution in [2.45, 2.75) is 339 Å². The summed E-state index contributed by atoms with van der Waals surface area (Å²) in [5, 5.41) is 142. The molecule has 19 heteroatoms. The van der Waals surface area contributed by atoms with E-state index in [1.807, 2.05) is 13.8 Å². The van der Waals surface area contributed by atoms with Crippen LogP contribution in [-0.4, -0.2) is 206 Å². The van der Waals surface area contributed by atoms with E-state index in [9.17, 15) is 66.4 Å². The maximum atomic E-state index is 12.2. The molecule has 0 aromatic rings. The lowest BCUT2D eigenvalue weighted by atomic mass is 9.41. The first-order valence-corrected chi connectivity index (χ1v) is 35.3. The van der Waals surface area contributed by atoms with Gasteiger partial charge in [-0.15, -0.1) is 0 Å². The summed E-state index contributed by atoms with van der Waals surface area (Å²) in [5.41, 5.74) is -4.51. The second-order valence-corrected chi connectivity index (χ2v) is 37.0. The van der Waals surface area contributed by atoms with Gasteiger partial charge in [-0.25, -0.2) is 0 Å². The summed E-state index contributed by atoms with van der Waals surface area (Å²) in [6, 6.07) is 0. The van der Waals surface area contributed by atoms with E-state index in [-0.39, 0.29) is 103 Å². The van der Waals surface area contributed by atoms with Crippen molar-refractivity contribution in [1.29, 1.82) is 0 Å². The van der Waals surface area contributed by atoms with E-state index >= 15 is 0 Å². The third-order valence-corrected chi connectivity index (χ3v) is 31.4. The average Bonchev–Trinajstić information content (AvgIpc) is 1.47. The van der Waals surface area contributed by atoms with Gasteiger partial charge in [0.1, 0.15) is 42.7 Å². The molecule has 0 aromatic carbocycles. The predicted octanol–water partition coefficient (Wildman–Crippen LogP) is 5.16. The van der Waals surface area contributed by atoms with Crippen LogP contribution in [0.25, 0.3) is 0 Å². The van der Waals surface area contributed by atoms with Crippen LogP contribution in [0.4, 0.5) is 0 Å². The number of hydrogen-bond donors (Lipinski definition) is 13. The van der Waals surface area contributed by atoms with Crippen molar-refractivity contribution in [2.24, 2.45) is 89.7 Å². The highest BCUT2D eigenvalue weighted by Crippen LogP contribution is 2.91. The molecule has 0 amide bonds. The largest absolute Gasteiger partial charge is 0.394 e. The summed E-state index contributed by atoms with van der Waals surface area (Å²) in [6.45, 7) is 28.9. The van der Waals surface area contributed by atoms with Crippen LogP contribution in [0.5, 0.6) is 0 Å². The zero-order valence-corrected chi connectivity index (χ0v) is 56.7. The van der Waals surface area contributed by atoms with Crippen LogP contribution in [0, 0.1) is 89.7 Å². The highest BCUT2D eigenvalue weighted by atomic mass is 16.7. The van der Waals surface area contributed by atoms with E-state index in [1.54, 1.807) is 13.8 Å². The monoisotopic (exact) mass is 1270 g/mol. The Morgan fingerprint density at radius 2 is 0.933 bits per heavy atom. The first kappa shape index (κ1) is 67.8. The molecule has 7 unspecified atom stereocenters. The van der Waals surface area contributed by atoms with Gasteiger partial charge in [0.15, 0.2) is 12.6 Å². The molecule has 4 heterocycles. The Morgan fingerprint density at radius 3 is 1.43 bits per heavy atom. The maximum absolute atomic E-state index is 12.2. The third-order valence-electron chi connectivity index (χ3n) is 31.4. The number of fused-ring (bicyclic) bond motifs is 4. The van der Waals surface area contributed by atoms with Gasteiger partial charge in [-0.3, -0.25) is 0 Å². The Balaban J connectivity index is 0.000000182. The molecule has 4 aliphatic heterocycles. The van der Waals surface area contributed by atoms with Crippen molar-refractivity contribution < 1.29 is 94.8 Å². The van der Waals surface area contributed by atoms with E-state index in [1.165, 1.54) is 6.42 Å². The van der Waals surface area contributed by atoms with Crippen molar-refractivity contribution in [2.75, 3.05) is 13.2 Å². The lowest BCUT2D eigenvalue weighted by Crippen LogP contribution is -2.65. The van der Waals surface area contributed by atoms with E-state index in [0.29, 0.717) is 31.6 Å². The van der Waals surface area contributed by atoms with Crippen LogP contribution < -0.4 is 0 Å². The van der Waals surface area contributed by atoms with Crippen molar-refractivity contribution >= 4 is 0 Å². The summed E-state index contributed by atoms with van der Waals surface area (Å²) in [4.78, 5) is 0. The van der Waals surface area contributed by atoms with Gasteiger partial charge in [-0.2, -0.15) is 0 Å². The van der Waals surface area contributed by atoms with Crippen LogP contribution >= 0.6 is 0 Å². The SMILES string of the molecule is CC(C)(O)[C@@H]1CC[C@](C)([C@H]2[C@@H](O)C[C@@]3(C)[C@@H]4C[C@H](O)[C@H]5C(C)(C)C(O)CCC56CC46CC[C@]23C)O1.CC(C)(O)[C@@H]1CC[C@](C)([C@H]2[C@@H](O)C[C@@]3(C)[C@@H]4C[C@H](OC5O[C@H](CO)[C@@H](O)[C@H](O)[C@H]5O)[C@H]5C(C)(C)C(O[C@@H]6OC[C@@H](O)[C@H](O)[C@H]6O)CCC56CC46CC[C@]23C)O1. The molecule has 14 rings (SSSR count). The highest BCUT2D eigenvalue weighted by molar-refractivity contribution is 5.35. The van der Waals surface area contributed by atoms with E-state index in [4.69, 9.17) is 28.4 Å². The van der Waals surface area contributed by atoms with E-state index in [2.05, 4.69) is 69.2 Å². The summed E-state index contributed by atoms with van der Waals surface area (Å²) in [7, 11) is 0. The van der Waals surface area contributed by atoms with Gasteiger partial charge < -0.3 is 94.8 Å². The van der Waals surface area contributed by atoms with Crippen molar-refractivity contribution in [1.82, 2.24) is 0 Å². The van der Waals surface area contributed by atoms with Crippen molar-refractivity contribution in [3.63, 3.8) is 0 Å². The van der Waals surface area contributed by atoms with Crippen molar-refractivity contribution in [3.05, 3.63) is 0 Å². The molecule has 4 saturated heterocycles. The molecule has 13 N–H and O–H groups in total. The lowest BCUT2D eigenvalue weighted by Gasteiger charge is -2.65. The van der Waals surface area contributed by atoms with Gasteiger partial charge in [0, 0.05) is 11.8 Å².